The molecule has 0 aromatic heterocycles. The zero-order chi connectivity index (χ0) is 11.6. The Balaban J connectivity index is 1.71. The molecule has 2 aliphatic carbocycles. The molecule has 0 spiro atoms. The van der Waals surface area contributed by atoms with Gasteiger partial charge in [-0.25, -0.2) is 13.1 Å². The highest BCUT2D eigenvalue weighted by Gasteiger charge is 2.53. The summed E-state index contributed by atoms with van der Waals surface area (Å²) < 4.78 is 26.2. The third kappa shape index (κ3) is 3.18. The van der Waals surface area contributed by atoms with E-state index in [0.717, 1.165) is 12.5 Å². The van der Waals surface area contributed by atoms with E-state index in [1.807, 2.05) is 7.05 Å². The van der Waals surface area contributed by atoms with E-state index in [4.69, 9.17) is 0 Å². The fraction of sp³-hybridized carbons (Fsp3) is 1.00. The lowest BCUT2D eigenvalue weighted by Gasteiger charge is -2.15. The molecule has 0 aromatic rings. The normalized spacial score (nSPS) is 23.3. The van der Waals surface area contributed by atoms with Gasteiger partial charge < -0.3 is 5.32 Å². The van der Waals surface area contributed by atoms with Gasteiger partial charge in [-0.1, -0.05) is 0 Å². The minimum absolute atomic E-state index is 0.245. The van der Waals surface area contributed by atoms with Gasteiger partial charge in [0.2, 0.25) is 10.0 Å². The zero-order valence-corrected chi connectivity index (χ0v) is 10.8. The summed E-state index contributed by atoms with van der Waals surface area (Å²) in [5.41, 5.74) is 0.357. The predicted molar refractivity (Wildman–Crippen MR) is 64.7 cm³/mol. The van der Waals surface area contributed by atoms with Gasteiger partial charge in [-0.05, 0) is 57.0 Å². The second-order valence-electron chi connectivity index (χ2n) is 5.23. The average molecular weight is 246 g/mol. The molecule has 0 saturated heterocycles. The van der Waals surface area contributed by atoms with Crippen molar-refractivity contribution in [3.8, 4) is 0 Å². The van der Waals surface area contributed by atoms with Gasteiger partial charge in [0.25, 0.3) is 0 Å². The average Bonchev–Trinajstić information content (AvgIpc) is 3.08. The first-order valence-corrected chi connectivity index (χ1v) is 7.85. The molecule has 0 atom stereocenters. The highest BCUT2D eigenvalue weighted by molar-refractivity contribution is 7.89. The fourth-order valence-electron chi connectivity index (χ4n) is 2.35. The van der Waals surface area contributed by atoms with Crippen LogP contribution in [0.1, 0.15) is 32.1 Å². The van der Waals surface area contributed by atoms with E-state index in [-0.39, 0.29) is 5.75 Å². The van der Waals surface area contributed by atoms with Crippen LogP contribution in [-0.2, 0) is 10.0 Å². The summed E-state index contributed by atoms with van der Waals surface area (Å²) in [6.45, 7) is 1.44. The maximum atomic E-state index is 11.7. The molecule has 2 fully saturated rings. The molecule has 4 nitrogen and oxygen atoms in total. The number of nitrogens with one attached hydrogen (secondary N) is 2. The fourth-order valence-corrected chi connectivity index (χ4v) is 3.53. The van der Waals surface area contributed by atoms with Crippen LogP contribution in [0.25, 0.3) is 0 Å². The van der Waals surface area contributed by atoms with Crippen molar-refractivity contribution in [1.29, 1.82) is 0 Å². The molecule has 0 aliphatic heterocycles. The van der Waals surface area contributed by atoms with Crippen molar-refractivity contribution in [2.45, 2.75) is 32.1 Å². The summed E-state index contributed by atoms with van der Waals surface area (Å²) in [5, 5.41) is 2.96. The molecule has 0 bridgehead atoms. The van der Waals surface area contributed by atoms with Crippen molar-refractivity contribution < 1.29 is 8.42 Å². The Morgan fingerprint density at radius 3 is 2.50 bits per heavy atom. The molecule has 2 N–H and O–H groups in total. The first kappa shape index (κ1) is 12.3. The summed E-state index contributed by atoms with van der Waals surface area (Å²) in [6.07, 6.45) is 5.73. The monoisotopic (exact) mass is 246 g/mol. The summed E-state index contributed by atoms with van der Waals surface area (Å²) in [7, 11) is -1.20. The lowest BCUT2D eigenvalue weighted by atomic mass is 10.0. The highest BCUT2D eigenvalue weighted by atomic mass is 32.2. The Labute approximate surface area is 98.2 Å². The van der Waals surface area contributed by atoms with Crippen LogP contribution < -0.4 is 10.0 Å². The largest absolute Gasteiger partial charge is 0.320 e. The topological polar surface area (TPSA) is 58.2 Å². The van der Waals surface area contributed by atoms with E-state index >= 15 is 0 Å². The SMILES string of the molecule is CNCCCS(=O)(=O)NCC1(C2CC2)CC1. The quantitative estimate of drug-likeness (QED) is 0.620. The van der Waals surface area contributed by atoms with Gasteiger partial charge in [0.05, 0.1) is 5.75 Å². The molecule has 5 heteroatoms. The van der Waals surface area contributed by atoms with E-state index in [2.05, 4.69) is 10.0 Å². The van der Waals surface area contributed by atoms with Crippen LogP contribution in [0.15, 0.2) is 0 Å². The standard InChI is InChI=1S/C11H22N2O2S/c1-12-7-2-8-16(14,15)13-9-11(5-6-11)10-3-4-10/h10,12-13H,2-9H2,1H3. The van der Waals surface area contributed by atoms with Gasteiger partial charge in [-0.3, -0.25) is 0 Å². The zero-order valence-electron chi connectivity index (χ0n) is 9.96. The molecule has 94 valence electrons. The second kappa shape index (κ2) is 4.63. The molecule has 0 heterocycles. The number of sulfonamides is 1. The highest BCUT2D eigenvalue weighted by Crippen LogP contribution is 2.60. The van der Waals surface area contributed by atoms with Gasteiger partial charge in [0, 0.05) is 6.54 Å². The van der Waals surface area contributed by atoms with E-state index in [1.165, 1.54) is 25.7 Å². The molecule has 0 aromatic carbocycles. The Hall–Kier alpha value is -0.130. The van der Waals surface area contributed by atoms with E-state index in [1.54, 1.807) is 0 Å². The smallest absolute Gasteiger partial charge is 0.211 e. The van der Waals surface area contributed by atoms with Crippen LogP contribution in [-0.4, -0.2) is 34.3 Å². The van der Waals surface area contributed by atoms with Crippen molar-refractivity contribution in [1.82, 2.24) is 10.0 Å². The van der Waals surface area contributed by atoms with Crippen molar-refractivity contribution in [3.05, 3.63) is 0 Å². The third-order valence-electron chi connectivity index (χ3n) is 3.82. The van der Waals surface area contributed by atoms with E-state index in [9.17, 15) is 8.42 Å². The maximum absolute atomic E-state index is 11.7. The molecule has 16 heavy (non-hydrogen) atoms. The first-order chi connectivity index (χ1) is 7.58. The Bertz CT molecular complexity index is 332. The van der Waals surface area contributed by atoms with Crippen LogP contribution in [0, 0.1) is 11.3 Å². The lowest BCUT2D eigenvalue weighted by Crippen LogP contribution is -2.33. The summed E-state index contributed by atoms with van der Waals surface area (Å²) >= 11 is 0. The molecule has 0 amide bonds. The Morgan fingerprint density at radius 1 is 1.31 bits per heavy atom. The summed E-state index contributed by atoms with van der Waals surface area (Å²) in [6, 6.07) is 0. The maximum Gasteiger partial charge on any atom is 0.211 e. The molecule has 0 unspecified atom stereocenters. The minimum atomic E-state index is -3.04. The molecule has 2 saturated carbocycles. The number of rotatable bonds is 8. The van der Waals surface area contributed by atoms with Crippen molar-refractivity contribution in [2.24, 2.45) is 11.3 Å². The van der Waals surface area contributed by atoms with Crippen LogP contribution >= 0.6 is 0 Å². The third-order valence-corrected chi connectivity index (χ3v) is 5.23. The second-order valence-corrected chi connectivity index (χ2v) is 7.16. The molecule has 2 aliphatic rings. The van der Waals surface area contributed by atoms with Crippen LogP contribution in [0.5, 0.6) is 0 Å². The van der Waals surface area contributed by atoms with Gasteiger partial charge >= 0.3 is 0 Å². The lowest BCUT2D eigenvalue weighted by molar-refractivity contribution is 0.431. The number of hydrogen-bond acceptors (Lipinski definition) is 3. The van der Waals surface area contributed by atoms with E-state index < -0.39 is 10.0 Å². The van der Waals surface area contributed by atoms with Crippen molar-refractivity contribution >= 4 is 10.0 Å². The number of hydrogen-bond donors (Lipinski definition) is 2. The van der Waals surface area contributed by atoms with Crippen molar-refractivity contribution in [3.63, 3.8) is 0 Å². The molecule has 2 rings (SSSR count). The minimum Gasteiger partial charge on any atom is -0.320 e. The van der Waals surface area contributed by atoms with Crippen molar-refractivity contribution in [2.75, 3.05) is 25.9 Å². The van der Waals surface area contributed by atoms with Gasteiger partial charge in [0.1, 0.15) is 0 Å². The van der Waals surface area contributed by atoms with Crippen LogP contribution in [0.3, 0.4) is 0 Å². The van der Waals surface area contributed by atoms with Gasteiger partial charge in [-0.15, -0.1) is 0 Å². The van der Waals surface area contributed by atoms with Gasteiger partial charge in [-0.2, -0.15) is 0 Å². The Kier molecular flexibility index (Phi) is 3.56. The van der Waals surface area contributed by atoms with Gasteiger partial charge in [0.15, 0.2) is 0 Å². The summed E-state index contributed by atoms with van der Waals surface area (Å²) in [4.78, 5) is 0. The Morgan fingerprint density at radius 2 is 2.00 bits per heavy atom. The van der Waals surface area contributed by atoms with Crippen LogP contribution in [0.2, 0.25) is 0 Å². The first-order valence-electron chi connectivity index (χ1n) is 6.20. The summed E-state index contributed by atoms with van der Waals surface area (Å²) in [5.74, 6) is 1.06. The molecule has 0 radical (unpaired) electrons. The molecular formula is C11H22N2O2S. The van der Waals surface area contributed by atoms with Crippen LogP contribution in [0.4, 0.5) is 0 Å². The molecular weight excluding hydrogens is 224 g/mol. The predicted octanol–water partition coefficient (Wildman–Crippen LogP) is 0.706. The van der Waals surface area contributed by atoms with E-state index in [0.29, 0.717) is 18.4 Å².